The van der Waals surface area contributed by atoms with E-state index in [1.54, 1.807) is 0 Å². The topological polar surface area (TPSA) is 32.5 Å². The molecule has 3 heteroatoms. The molecule has 0 aromatic rings. The monoisotopic (exact) mass is 339 g/mol. The van der Waals surface area contributed by atoms with Gasteiger partial charge < -0.3 is 5.73 Å². The molecule has 1 rings (SSSR count). The summed E-state index contributed by atoms with van der Waals surface area (Å²) in [4.78, 5) is 5.39. The highest BCUT2D eigenvalue weighted by Gasteiger charge is 2.36. The van der Waals surface area contributed by atoms with Crippen LogP contribution in [0.2, 0.25) is 0 Å². The molecule has 1 saturated heterocycles. The fourth-order valence-corrected chi connectivity index (χ4v) is 4.35. The first kappa shape index (κ1) is 21.9. The molecular weight excluding hydrogens is 294 g/mol. The highest BCUT2D eigenvalue weighted by atomic mass is 15.4. The number of nitrogens with two attached hydrogens (primary N) is 1. The summed E-state index contributed by atoms with van der Waals surface area (Å²) in [7, 11) is 0. The van der Waals surface area contributed by atoms with Crippen LogP contribution in [0, 0.1) is 0 Å². The number of hydrogen-bond donors (Lipinski definition) is 1. The minimum atomic E-state index is -0.0748. The van der Waals surface area contributed by atoms with E-state index in [0.717, 1.165) is 19.8 Å². The molecule has 144 valence electrons. The summed E-state index contributed by atoms with van der Waals surface area (Å²) in [6.45, 7) is 14.8. The summed E-state index contributed by atoms with van der Waals surface area (Å²) in [6.07, 6.45) is 13.2. The van der Waals surface area contributed by atoms with Crippen molar-refractivity contribution in [1.82, 2.24) is 9.80 Å². The second kappa shape index (κ2) is 11.5. The molecule has 0 aliphatic carbocycles. The van der Waals surface area contributed by atoms with Gasteiger partial charge in [0.1, 0.15) is 0 Å². The quantitative estimate of drug-likeness (QED) is 0.508. The largest absolute Gasteiger partial charge is 0.323 e. The van der Waals surface area contributed by atoms with Crippen LogP contribution in [0.4, 0.5) is 0 Å². The Hall–Kier alpha value is -0.120. The summed E-state index contributed by atoms with van der Waals surface area (Å²) >= 11 is 0. The normalized spacial score (nSPS) is 25.8. The predicted octanol–water partition coefficient (Wildman–Crippen LogP) is 5.00. The number of nitrogens with zero attached hydrogens (tertiary/aromatic N) is 2. The molecule has 1 heterocycles. The fraction of sp³-hybridized carbons (Fsp3) is 1.00. The Morgan fingerprint density at radius 3 is 1.54 bits per heavy atom. The average molecular weight is 340 g/mol. The van der Waals surface area contributed by atoms with Gasteiger partial charge in [-0.2, -0.15) is 0 Å². The number of unbranched alkanes of at least 4 members (excludes halogenated alkanes) is 4. The van der Waals surface area contributed by atoms with Crippen molar-refractivity contribution in [1.29, 1.82) is 0 Å². The van der Waals surface area contributed by atoms with Crippen LogP contribution in [0.25, 0.3) is 0 Å². The Morgan fingerprint density at radius 2 is 1.21 bits per heavy atom. The van der Waals surface area contributed by atoms with Crippen LogP contribution in [0.3, 0.4) is 0 Å². The Labute approximate surface area is 152 Å². The molecule has 1 aliphatic rings. The molecule has 0 bridgehead atoms. The van der Waals surface area contributed by atoms with Crippen LogP contribution < -0.4 is 5.73 Å². The molecule has 0 spiro atoms. The van der Waals surface area contributed by atoms with Crippen LogP contribution in [0.15, 0.2) is 0 Å². The Balaban J connectivity index is 2.69. The van der Waals surface area contributed by atoms with Crippen molar-refractivity contribution >= 4 is 0 Å². The molecule has 0 aromatic carbocycles. The van der Waals surface area contributed by atoms with Gasteiger partial charge in [-0.05, 0) is 32.6 Å². The molecule has 2 N–H and O–H groups in total. The van der Waals surface area contributed by atoms with E-state index >= 15 is 0 Å². The minimum absolute atomic E-state index is 0.0748. The van der Waals surface area contributed by atoms with Gasteiger partial charge in [0.25, 0.3) is 0 Å². The fourth-order valence-electron chi connectivity index (χ4n) is 4.35. The Kier molecular flexibility index (Phi) is 10.5. The lowest BCUT2D eigenvalue weighted by atomic mass is 9.94. The molecule has 1 unspecified atom stereocenters. The zero-order valence-corrected chi connectivity index (χ0v) is 17.3. The highest BCUT2D eigenvalue weighted by Crippen LogP contribution is 2.25. The SMILES string of the molecule is CCCCC[C@@H](CC)N1CN([C@@H](CC)CCCCC)CC(C)(N)C1. The second-order valence-electron chi connectivity index (χ2n) is 8.40. The second-order valence-corrected chi connectivity index (χ2v) is 8.40. The minimum Gasteiger partial charge on any atom is -0.323 e. The van der Waals surface area contributed by atoms with Crippen molar-refractivity contribution in [3.05, 3.63) is 0 Å². The van der Waals surface area contributed by atoms with Crippen molar-refractivity contribution in [3.8, 4) is 0 Å². The molecular formula is C21H45N3. The zero-order chi connectivity index (χ0) is 18.0. The van der Waals surface area contributed by atoms with Gasteiger partial charge >= 0.3 is 0 Å². The molecule has 0 saturated carbocycles. The lowest BCUT2D eigenvalue weighted by molar-refractivity contribution is -0.0185. The lowest BCUT2D eigenvalue weighted by Gasteiger charge is -2.49. The molecule has 1 aliphatic heterocycles. The van der Waals surface area contributed by atoms with Crippen LogP contribution in [0.1, 0.15) is 98.8 Å². The summed E-state index contributed by atoms with van der Waals surface area (Å²) in [6, 6.07) is 1.41. The van der Waals surface area contributed by atoms with Gasteiger partial charge in [0.15, 0.2) is 0 Å². The van der Waals surface area contributed by atoms with Gasteiger partial charge in [-0.3, -0.25) is 9.80 Å². The number of hydrogen-bond acceptors (Lipinski definition) is 3. The molecule has 3 atom stereocenters. The standard InChI is InChI=1S/C21H45N3/c1-6-10-12-14-19(8-3)23-16-21(5,22)17-24(18-23)20(9-4)15-13-11-7-2/h19-20H,6-18,22H2,1-5H3/t19-,20+,21?. The molecule has 0 radical (unpaired) electrons. The van der Waals surface area contributed by atoms with Crippen LogP contribution in [0.5, 0.6) is 0 Å². The van der Waals surface area contributed by atoms with E-state index in [4.69, 9.17) is 5.73 Å². The first-order valence-corrected chi connectivity index (χ1v) is 10.7. The Morgan fingerprint density at radius 1 is 0.792 bits per heavy atom. The van der Waals surface area contributed by atoms with Crippen molar-refractivity contribution in [3.63, 3.8) is 0 Å². The first-order chi connectivity index (χ1) is 11.5. The smallest absolute Gasteiger partial charge is 0.0513 e. The average Bonchev–Trinajstić information content (AvgIpc) is 2.54. The summed E-state index contributed by atoms with van der Waals surface area (Å²) < 4.78 is 0. The van der Waals surface area contributed by atoms with Crippen molar-refractivity contribution < 1.29 is 0 Å². The van der Waals surface area contributed by atoms with E-state index in [2.05, 4.69) is 44.4 Å². The van der Waals surface area contributed by atoms with Gasteiger partial charge in [-0.15, -0.1) is 0 Å². The van der Waals surface area contributed by atoms with E-state index in [1.165, 1.54) is 64.2 Å². The van der Waals surface area contributed by atoms with Crippen molar-refractivity contribution in [2.75, 3.05) is 19.8 Å². The van der Waals surface area contributed by atoms with Gasteiger partial charge in [-0.25, -0.2) is 0 Å². The summed E-state index contributed by atoms with van der Waals surface area (Å²) in [5.74, 6) is 0. The van der Waals surface area contributed by atoms with E-state index in [1.807, 2.05) is 0 Å². The van der Waals surface area contributed by atoms with Gasteiger partial charge in [0.05, 0.1) is 6.67 Å². The zero-order valence-electron chi connectivity index (χ0n) is 17.3. The molecule has 0 amide bonds. The van der Waals surface area contributed by atoms with Crippen LogP contribution in [-0.4, -0.2) is 47.2 Å². The maximum atomic E-state index is 6.67. The Bertz CT molecular complexity index is 288. The highest BCUT2D eigenvalue weighted by molar-refractivity contribution is 4.94. The third-order valence-electron chi connectivity index (χ3n) is 5.75. The lowest BCUT2D eigenvalue weighted by Crippen LogP contribution is -2.65. The van der Waals surface area contributed by atoms with Gasteiger partial charge in [-0.1, -0.05) is 66.2 Å². The maximum absolute atomic E-state index is 6.67. The molecule has 0 aromatic heterocycles. The van der Waals surface area contributed by atoms with Crippen LogP contribution in [-0.2, 0) is 0 Å². The summed E-state index contributed by atoms with van der Waals surface area (Å²) in [5.41, 5.74) is 6.60. The number of rotatable bonds is 12. The predicted molar refractivity (Wildman–Crippen MR) is 107 cm³/mol. The third-order valence-corrected chi connectivity index (χ3v) is 5.75. The van der Waals surface area contributed by atoms with Crippen molar-refractivity contribution in [2.24, 2.45) is 5.73 Å². The maximum Gasteiger partial charge on any atom is 0.0513 e. The van der Waals surface area contributed by atoms with Gasteiger partial charge in [0, 0.05) is 30.7 Å². The van der Waals surface area contributed by atoms with E-state index in [-0.39, 0.29) is 5.54 Å². The van der Waals surface area contributed by atoms with Gasteiger partial charge in [0.2, 0.25) is 0 Å². The van der Waals surface area contributed by atoms with E-state index in [0.29, 0.717) is 12.1 Å². The molecule has 1 fully saturated rings. The summed E-state index contributed by atoms with van der Waals surface area (Å²) in [5, 5.41) is 0. The van der Waals surface area contributed by atoms with Crippen molar-refractivity contribution in [2.45, 2.75) is 116 Å². The van der Waals surface area contributed by atoms with E-state index in [9.17, 15) is 0 Å². The first-order valence-electron chi connectivity index (χ1n) is 10.7. The molecule has 24 heavy (non-hydrogen) atoms. The third kappa shape index (κ3) is 7.41. The van der Waals surface area contributed by atoms with E-state index < -0.39 is 0 Å². The molecule has 3 nitrogen and oxygen atoms in total. The van der Waals surface area contributed by atoms with Crippen LogP contribution >= 0.6 is 0 Å².